The molecule has 1 aromatic rings. The summed E-state index contributed by atoms with van der Waals surface area (Å²) in [7, 11) is 0. The van der Waals surface area contributed by atoms with Crippen LogP contribution < -0.4 is 11.1 Å². The lowest BCUT2D eigenvalue weighted by Gasteiger charge is -2.30. The average Bonchev–Trinajstić information content (AvgIpc) is 2.28. The van der Waals surface area contributed by atoms with E-state index in [1.165, 1.54) is 0 Å². The maximum atomic E-state index is 12.0. The largest absolute Gasteiger partial charge is 0.328 e. The number of halogens is 2. The summed E-state index contributed by atoms with van der Waals surface area (Å²) in [4.78, 5) is 13.7. The molecule has 1 heterocycles. The smallest absolute Gasteiger partial charge is 0.321 e. The van der Waals surface area contributed by atoms with Gasteiger partial charge in [-0.05, 0) is 31.0 Å². The number of nitrogens with two attached hydrogens (primary N) is 1. The van der Waals surface area contributed by atoms with Crippen LogP contribution in [0, 0.1) is 0 Å². The van der Waals surface area contributed by atoms with Crippen molar-refractivity contribution in [3.05, 3.63) is 28.2 Å². The summed E-state index contributed by atoms with van der Waals surface area (Å²) < 4.78 is 0. The van der Waals surface area contributed by atoms with Gasteiger partial charge < -0.3 is 16.0 Å². The molecule has 1 saturated heterocycles. The van der Waals surface area contributed by atoms with Crippen molar-refractivity contribution in [2.24, 2.45) is 5.73 Å². The number of hydrogen-bond acceptors (Lipinski definition) is 2. The molecule has 6 heteroatoms. The number of nitrogens with zero attached hydrogens (tertiary/aromatic N) is 1. The maximum Gasteiger partial charge on any atom is 0.321 e. The minimum atomic E-state index is -0.139. The van der Waals surface area contributed by atoms with Gasteiger partial charge in [0.1, 0.15) is 0 Å². The third kappa shape index (κ3) is 3.51. The summed E-state index contributed by atoms with van der Waals surface area (Å²) in [6.45, 7) is 1.36. The second kappa shape index (κ2) is 5.78. The molecular formula is C12H15Cl2N3O. The van der Waals surface area contributed by atoms with Crippen molar-refractivity contribution in [3.63, 3.8) is 0 Å². The SMILES string of the molecule is NC1CCN(C(=O)Nc2cc(Cl)cc(Cl)c2)CC1. The summed E-state index contributed by atoms with van der Waals surface area (Å²) in [6.07, 6.45) is 1.67. The van der Waals surface area contributed by atoms with Gasteiger partial charge in [0.05, 0.1) is 0 Å². The van der Waals surface area contributed by atoms with Crippen LogP contribution in [0.1, 0.15) is 12.8 Å². The molecule has 0 radical (unpaired) electrons. The third-order valence-electron chi connectivity index (χ3n) is 2.94. The predicted octanol–water partition coefficient (Wildman–Crippen LogP) is 2.95. The molecule has 2 amide bonds. The molecule has 1 aliphatic heterocycles. The number of anilines is 1. The molecule has 0 bridgehead atoms. The van der Waals surface area contributed by atoms with Gasteiger partial charge in [-0.2, -0.15) is 0 Å². The quantitative estimate of drug-likeness (QED) is 0.834. The summed E-state index contributed by atoms with van der Waals surface area (Å²) >= 11 is 11.7. The van der Waals surface area contributed by atoms with Crippen LogP contribution in [-0.4, -0.2) is 30.1 Å². The summed E-state index contributed by atoms with van der Waals surface area (Å²) in [5.41, 5.74) is 6.40. The van der Waals surface area contributed by atoms with E-state index in [1.807, 2.05) is 0 Å². The van der Waals surface area contributed by atoms with E-state index in [0.717, 1.165) is 12.8 Å². The highest BCUT2D eigenvalue weighted by atomic mass is 35.5. The fourth-order valence-electron chi connectivity index (χ4n) is 1.93. The van der Waals surface area contributed by atoms with Crippen LogP contribution in [0.5, 0.6) is 0 Å². The third-order valence-corrected chi connectivity index (χ3v) is 3.38. The van der Waals surface area contributed by atoms with Gasteiger partial charge in [0.15, 0.2) is 0 Å². The van der Waals surface area contributed by atoms with Gasteiger partial charge >= 0.3 is 6.03 Å². The predicted molar refractivity (Wildman–Crippen MR) is 74.3 cm³/mol. The first-order valence-electron chi connectivity index (χ1n) is 5.82. The van der Waals surface area contributed by atoms with Gasteiger partial charge in [-0.15, -0.1) is 0 Å². The van der Waals surface area contributed by atoms with Crippen LogP contribution in [0.2, 0.25) is 10.0 Å². The van der Waals surface area contributed by atoms with Crippen LogP contribution in [0.4, 0.5) is 10.5 Å². The highest BCUT2D eigenvalue weighted by Crippen LogP contribution is 2.23. The molecule has 0 spiro atoms. The fraction of sp³-hybridized carbons (Fsp3) is 0.417. The average molecular weight is 288 g/mol. The van der Waals surface area contributed by atoms with E-state index in [9.17, 15) is 4.79 Å². The Morgan fingerprint density at radius 1 is 1.22 bits per heavy atom. The van der Waals surface area contributed by atoms with Gasteiger partial charge in [0.2, 0.25) is 0 Å². The van der Waals surface area contributed by atoms with Crippen molar-refractivity contribution in [2.45, 2.75) is 18.9 Å². The number of urea groups is 1. The number of carbonyl (C=O) groups excluding carboxylic acids is 1. The van der Waals surface area contributed by atoms with Gasteiger partial charge in [-0.1, -0.05) is 23.2 Å². The molecule has 0 atom stereocenters. The normalized spacial score (nSPS) is 16.7. The van der Waals surface area contributed by atoms with E-state index in [2.05, 4.69) is 5.32 Å². The molecule has 3 N–H and O–H groups in total. The summed E-state index contributed by atoms with van der Waals surface area (Å²) in [5, 5.41) is 3.78. The van der Waals surface area contributed by atoms with E-state index in [0.29, 0.717) is 28.8 Å². The fourth-order valence-corrected chi connectivity index (χ4v) is 2.46. The van der Waals surface area contributed by atoms with E-state index in [1.54, 1.807) is 23.1 Å². The molecule has 1 fully saturated rings. The monoisotopic (exact) mass is 287 g/mol. The second-order valence-electron chi connectivity index (χ2n) is 4.41. The number of benzene rings is 1. The van der Waals surface area contributed by atoms with Crippen molar-refractivity contribution in [3.8, 4) is 0 Å². The van der Waals surface area contributed by atoms with Gasteiger partial charge in [0, 0.05) is 34.9 Å². The molecule has 0 unspecified atom stereocenters. The molecule has 18 heavy (non-hydrogen) atoms. The number of piperidine rings is 1. The Bertz CT molecular complexity index is 425. The number of hydrogen-bond donors (Lipinski definition) is 2. The molecule has 2 rings (SSSR count). The first-order valence-corrected chi connectivity index (χ1v) is 6.58. The van der Waals surface area contributed by atoms with Gasteiger partial charge in [-0.3, -0.25) is 0 Å². The van der Waals surface area contributed by atoms with Crippen LogP contribution in [0.25, 0.3) is 0 Å². The topological polar surface area (TPSA) is 58.4 Å². The summed E-state index contributed by atoms with van der Waals surface area (Å²) in [5.74, 6) is 0. The van der Waals surface area contributed by atoms with Crippen LogP contribution in [0.3, 0.4) is 0 Å². The molecular weight excluding hydrogens is 273 g/mol. The van der Waals surface area contributed by atoms with Gasteiger partial charge in [0.25, 0.3) is 0 Å². The number of nitrogens with one attached hydrogen (secondary N) is 1. The number of likely N-dealkylation sites (tertiary alicyclic amines) is 1. The van der Waals surface area contributed by atoms with Crippen molar-refractivity contribution in [1.82, 2.24) is 4.90 Å². The standard InChI is InChI=1S/C12H15Cl2N3O/c13-8-5-9(14)7-11(6-8)16-12(18)17-3-1-10(15)2-4-17/h5-7,10H,1-4,15H2,(H,16,18). The Kier molecular flexibility index (Phi) is 4.32. The Morgan fingerprint density at radius 3 is 2.33 bits per heavy atom. The molecule has 98 valence electrons. The lowest BCUT2D eigenvalue weighted by molar-refractivity contribution is 0.195. The Morgan fingerprint density at radius 2 is 1.78 bits per heavy atom. The number of amides is 2. The lowest BCUT2D eigenvalue weighted by Crippen LogP contribution is -2.44. The molecule has 0 aromatic heterocycles. The zero-order valence-electron chi connectivity index (χ0n) is 9.83. The number of rotatable bonds is 1. The van der Waals surface area contributed by atoms with Gasteiger partial charge in [-0.25, -0.2) is 4.79 Å². The van der Waals surface area contributed by atoms with Crippen LogP contribution in [0.15, 0.2) is 18.2 Å². The van der Waals surface area contributed by atoms with E-state index in [4.69, 9.17) is 28.9 Å². The Balaban J connectivity index is 1.98. The first-order chi connectivity index (χ1) is 8.54. The van der Waals surface area contributed by atoms with Crippen LogP contribution >= 0.6 is 23.2 Å². The van der Waals surface area contributed by atoms with Crippen molar-refractivity contribution in [2.75, 3.05) is 18.4 Å². The highest BCUT2D eigenvalue weighted by Gasteiger charge is 2.20. The van der Waals surface area contributed by atoms with E-state index in [-0.39, 0.29) is 12.1 Å². The zero-order chi connectivity index (χ0) is 13.1. The van der Waals surface area contributed by atoms with Crippen molar-refractivity contribution in [1.29, 1.82) is 0 Å². The van der Waals surface area contributed by atoms with Crippen molar-refractivity contribution >= 4 is 34.9 Å². The second-order valence-corrected chi connectivity index (χ2v) is 5.29. The molecule has 4 nitrogen and oxygen atoms in total. The first kappa shape index (κ1) is 13.5. The zero-order valence-corrected chi connectivity index (χ0v) is 11.3. The Labute approximate surface area is 116 Å². The molecule has 1 aromatic carbocycles. The Hall–Kier alpha value is -0.970. The molecule has 1 aliphatic rings. The van der Waals surface area contributed by atoms with Crippen LogP contribution in [-0.2, 0) is 0 Å². The minimum absolute atomic E-state index is 0.139. The minimum Gasteiger partial charge on any atom is -0.328 e. The number of carbonyl (C=O) groups is 1. The highest BCUT2D eigenvalue weighted by molar-refractivity contribution is 6.35. The molecule has 0 aliphatic carbocycles. The molecule has 0 saturated carbocycles. The van der Waals surface area contributed by atoms with E-state index >= 15 is 0 Å². The lowest BCUT2D eigenvalue weighted by atomic mass is 10.1. The van der Waals surface area contributed by atoms with E-state index < -0.39 is 0 Å². The van der Waals surface area contributed by atoms with Crippen molar-refractivity contribution < 1.29 is 4.79 Å². The summed E-state index contributed by atoms with van der Waals surface area (Å²) in [6, 6.07) is 5.02. The maximum absolute atomic E-state index is 12.0.